The predicted octanol–water partition coefficient (Wildman–Crippen LogP) is 4.05. The van der Waals surface area contributed by atoms with Crippen molar-refractivity contribution >= 4 is 29.1 Å². The number of benzene rings is 1. The fraction of sp³-hybridized carbons (Fsp3) is 0.333. The van der Waals surface area contributed by atoms with Gasteiger partial charge in [-0.2, -0.15) is 0 Å². The quantitative estimate of drug-likeness (QED) is 0.851. The van der Waals surface area contributed by atoms with Crippen LogP contribution in [0.2, 0.25) is 10.2 Å². The maximum absolute atomic E-state index is 12.4. The van der Waals surface area contributed by atoms with Crippen LogP contribution >= 0.6 is 23.2 Å². The summed E-state index contributed by atoms with van der Waals surface area (Å²) in [5, 5.41) is 4.60. The van der Waals surface area contributed by atoms with Crippen LogP contribution < -0.4 is 0 Å². The number of rotatable bonds is 4. The van der Waals surface area contributed by atoms with Crippen LogP contribution in [-0.2, 0) is 11.2 Å². The maximum Gasteiger partial charge on any atom is 0.229 e. The number of nitrogens with zero attached hydrogens (tertiary/aromatic N) is 2. The van der Waals surface area contributed by atoms with Gasteiger partial charge in [-0.3, -0.25) is 4.79 Å². The molecule has 112 valence electrons. The van der Waals surface area contributed by atoms with Gasteiger partial charge in [0.25, 0.3) is 0 Å². The minimum Gasteiger partial charge on any atom is -0.344 e. The second-order valence-corrected chi connectivity index (χ2v) is 5.71. The summed E-state index contributed by atoms with van der Waals surface area (Å²) in [6.07, 6.45) is 0.169. The minimum atomic E-state index is -0.0614. The number of amides is 1. The van der Waals surface area contributed by atoms with E-state index in [0.717, 1.165) is 5.56 Å². The Morgan fingerprint density at radius 3 is 2.48 bits per heavy atom. The topological polar surface area (TPSA) is 46.3 Å². The molecular weight excluding hydrogens is 311 g/mol. The van der Waals surface area contributed by atoms with Crippen molar-refractivity contribution in [3.05, 3.63) is 51.3 Å². The average molecular weight is 327 g/mol. The van der Waals surface area contributed by atoms with Gasteiger partial charge in [-0.05, 0) is 43.1 Å². The molecule has 0 saturated heterocycles. The largest absolute Gasteiger partial charge is 0.344 e. The van der Waals surface area contributed by atoms with Gasteiger partial charge in [-0.15, -0.1) is 0 Å². The number of halogens is 2. The lowest BCUT2D eigenvalue weighted by Crippen LogP contribution is -2.31. The van der Waals surface area contributed by atoms with Gasteiger partial charge in [-0.25, -0.2) is 0 Å². The molecule has 2 aromatic rings. The second kappa shape index (κ2) is 6.50. The lowest BCUT2D eigenvalue weighted by Gasteiger charge is -2.25. The Morgan fingerprint density at radius 1 is 1.33 bits per heavy atom. The van der Waals surface area contributed by atoms with Gasteiger partial charge in [0.15, 0.2) is 0 Å². The van der Waals surface area contributed by atoms with Gasteiger partial charge in [0.05, 0.1) is 18.2 Å². The first-order chi connectivity index (χ1) is 9.90. The van der Waals surface area contributed by atoms with Crippen LogP contribution in [0.3, 0.4) is 0 Å². The van der Waals surface area contributed by atoms with E-state index in [1.165, 1.54) is 0 Å². The molecule has 0 aliphatic rings. The molecule has 2 rings (SSSR count). The fourth-order valence-electron chi connectivity index (χ4n) is 2.02. The molecule has 0 radical (unpaired) electrons. The number of hydrogen-bond donors (Lipinski definition) is 0. The van der Waals surface area contributed by atoms with Crippen molar-refractivity contribution in [3.8, 4) is 0 Å². The van der Waals surface area contributed by atoms with E-state index in [-0.39, 0.29) is 23.6 Å². The van der Waals surface area contributed by atoms with Gasteiger partial charge in [0, 0.05) is 17.6 Å². The molecular formula is C15H16Cl2N2O2. The molecule has 0 aliphatic carbocycles. The molecule has 0 unspecified atom stereocenters. The highest BCUT2D eigenvalue weighted by Crippen LogP contribution is 2.24. The van der Waals surface area contributed by atoms with Crippen LogP contribution in [0.25, 0.3) is 0 Å². The molecule has 0 saturated carbocycles. The van der Waals surface area contributed by atoms with Gasteiger partial charge in [-0.1, -0.05) is 28.9 Å². The third kappa shape index (κ3) is 3.57. The Morgan fingerprint density at radius 2 is 1.95 bits per heavy atom. The second-order valence-electron chi connectivity index (χ2n) is 4.93. The van der Waals surface area contributed by atoms with Crippen LogP contribution in [0.15, 0.2) is 28.8 Å². The first-order valence-electron chi connectivity index (χ1n) is 6.52. The third-order valence-electron chi connectivity index (χ3n) is 3.59. The van der Waals surface area contributed by atoms with E-state index < -0.39 is 0 Å². The van der Waals surface area contributed by atoms with Gasteiger partial charge < -0.3 is 9.42 Å². The predicted molar refractivity (Wildman–Crippen MR) is 82.6 cm³/mol. The van der Waals surface area contributed by atoms with Gasteiger partial charge >= 0.3 is 0 Å². The molecule has 0 spiro atoms. The Labute approximate surface area is 133 Å². The van der Waals surface area contributed by atoms with E-state index in [0.29, 0.717) is 16.3 Å². The molecule has 1 heterocycles. The first-order valence-corrected chi connectivity index (χ1v) is 7.27. The zero-order chi connectivity index (χ0) is 15.6. The molecule has 21 heavy (non-hydrogen) atoms. The molecule has 6 heteroatoms. The summed E-state index contributed by atoms with van der Waals surface area (Å²) < 4.78 is 4.86. The van der Waals surface area contributed by atoms with E-state index in [1.54, 1.807) is 18.9 Å². The SMILES string of the molecule is Cc1noc(Cl)c1CC(=O)N(C)[C@@H](C)c1ccc(Cl)cc1. The Kier molecular flexibility index (Phi) is 4.91. The highest BCUT2D eigenvalue weighted by Gasteiger charge is 2.21. The van der Waals surface area contributed by atoms with Crippen molar-refractivity contribution in [2.75, 3.05) is 7.05 Å². The van der Waals surface area contributed by atoms with Crippen molar-refractivity contribution in [2.24, 2.45) is 0 Å². The average Bonchev–Trinajstić information content (AvgIpc) is 2.78. The summed E-state index contributed by atoms with van der Waals surface area (Å²) in [5.41, 5.74) is 2.29. The van der Waals surface area contributed by atoms with Crippen molar-refractivity contribution in [3.63, 3.8) is 0 Å². The standard InChI is InChI=1S/C15H16Cl2N2O2/c1-9-13(15(17)21-18-9)8-14(20)19(3)10(2)11-4-6-12(16)7-5-11/h4-7,10H,8H2,1-3H3/t10-/m0/s1. The maximum atomic E-state index is 12.4. The molecule has 0 N–H and O–H groups in total. The zero-order valence-corrected chi connectivity index (χ0v) is 13.6. The molecule has 1 aromatic heterocycles. The number of carbonyl (C=O) groups excluding carboxylic acids is 1. The Bertz CT molecular complexity index is 618. The van der Waals surface area contributed by atoms with E-state index in [2.05, 4.69) is 5.16 Å². The first kappa shape index (κ1) is 15.9. The highest BCUT2D eigenvalue weighted by molar-refractivity contribution is 6.30. The van der Waals surface area contributed by atoms with Crippen molar-refractivity contribution in [1.82, 2.24) is 10.1 Å². The molecule has 1 atom stereocenters. The smallest absolute Gasteiger partial charge is 0.229 e. The van der Waals surface area contributed by atoms with Crippen LogP contribution in [0.4, 0.5) is 0 Å². The monoisotopic (exact) mass is 326 g/mol. The van der Waals surface area contributed by atoms with Gasteiger partial charge in [0.1, 0.15) is 0 Å². The van der Waals surface area contributed by atoms with Gasteiger partial charge in [0.2, 0.25) is 11.1 Å². The number of carbonyl (C=O) groups is 1. The minimum absolute atomic E-state index is 0.0503. The lowest BCUT2D eigenvalue weighted by atomic mass is 10.1. The highest BCUT2D eigenvalue weighted by atomic mass is 35.5. The fourth-order valence-corrected chi connectivity index (χ4v) is 2.38. The molecule has 1 amide bonds. The summed E-state index contributed by atoms with van der Waals surface area (Å²) in [7, 11) is 1.76. The van der Waals surface area contributed by atoms with Crippen molar-refractivity contribution in [2.45, 2.75) is 26.3 Å². The molecule has 1 aromatic carbocycles. The lowest BCUT2D eigenvalue weighted by molar-refractivity contribution is -0.131. The number of aryl methyl sites for hydroxylation is 1. The molecule has 0 fully saturated rings. The molecule has 0 bridgehead atoms. The molecule has 0 aliphatic heterocycles. The van der Waals surface area contributed by atoms with Crippen LogP contribution in [-0.4, -0.2) is 23.0 Å². The summed E-state index contributed by atoms with van der Waals surface area (Å²) in [6, 6.07) is 7.39. The van der Waals surface area contributed by atoms with E-state index in [9.17, 15) is 4.79 Å². The Balaban J connectivity index is 2.10. The van der Waals surface area contributed by atoms with Crippen molar-refractivity contribution < 1.29 is 9.32 Å². The van der Waals surface area contributed by atoms with E-state index in [1.807, 2.05) is 31.2 Å². The normalized spacial score (nSPS) is 12.2. The summed E-state index contributed by atoms with van der Waals surface area (Å²) in [4.78, 5) is 14.0. The van der Waals surface area contributed by atoms with Crippen LogP contribution in [0, 0.1) is 6.92 Å². The number of hydrogen-bond acceptors (Lipinski definition) is 3. The van der Waals surface area contributed by atoms with Crippen molar-refractivity contribution in [1.29, 1.82) is 0 Å². The van der Waals surface area contributed by atoms with E-state index in [4.69, 9.17) is 27.7 Å². The summed E-state index contributed by atoms with van der Waals surface area (Å²) in [5.74, 6) is -0.0503. The summed E-state index contributed by atoms with van der Waals surface area (Å²) in [6.45, 7) is 3.73. The summed E-state index contributed by atoms with van der Waals surface area (Å²) >= 11 is 11.8. The van der Waals surface area contributed by atoms with Crippen LogP contribution in [0.5, 0.6) is 0 Å². The molecule has 4 nitrogen and oxygen atoms in total. The Hall–Kier alpha value is -1.52. The van der Waals surface area contributed by atoms with Crippen LogP contribution in [0.1, 0.15) is 29.8 Å². The number of likely N-dealkylation sites (N-methyl/N-ethyl adjacent to an activating group) is 1. The zero-order valence-electron chi connectivity index (χ0n) is 12.1. The third-order valence-corrected chi connectivity index (χ3v) is 4.14. The number of aromatic nitrogens is 1. The van der Waals surface area contributed by atoms with E-state index >= 15 is 0 Å².